The van der Waals surface area contributed by atoms with Gasteiger partial charge in [0.25, 0.3) is 0 Å². The van der Waals surface area contributed by atoms with Crippen LogP contribution in [-0.2, 0) is 16.7 Å². The average Bonchev–Trinajstić information content (AvgIpc) is 1.14. The van der Waals surface area contributed by atoms with Crippen LogP contribution >= 0.6 is 34.0 Å². The molecule has 27 heteroatoms. The maximum atomic E-state index is 22.1. The number of benzene rings is 6. The number of hydrogen-bond acceptors (Lipinski definition) is 6. The van der Waals surface area contributed by atoms with Crippen molar-refractivity contribution in [3.8, 4) is 33.4 Å². The van der Waals surface area contributed by atoms with Gasteiger partial charge in [-0.3, -0.25) is 14.4 Å². The molecule has 3 heterocycles. The highest BCUT2D eigenvalue weighted by Crippen LogP contribution is 2.72. The number of Topliss-reactive ketones (excluding diaryl/α,β-unsaturated/α-hetero) is 3. The van der Waals surface area contributed by atoms with Gasteiger partial charge in [0.2, 0.25) is 5.67 Å². The molecule has 0 radical (unpaired) electrons. The van der Waals surface area contributed by atoms with Crippen molar-refractivity contribution in [2.75, 3.05) is 0 Å². The lowest BCUT2D eigenvalue weighted by molar-refractivity contribution is -0.131. The highest BCUT2D eigenvalue weighted by molar-refractivity contribution is 7.18. The van der Waals surface area contributed by atoms with Crippen LogP contribution in [0.2, 0.25) is 0 Å². The van der Waals surface area contributed by atoms with Crippen LogP contribution in [0.1, 0.15) is 66.5 Å². The van der Waals surface area contributed by atoms with Crippen LogP contribution in [0.4, 0.5) is 87.8 Å². The van der Waals surface area contributed by atoms with Crippen molar-refractivity contribution in [1.29, 1.82) is 0 Å². The number of thiophene rings is 3. The molecular weight excluding hydrogens is 1260 g/mol. The van der Waals surface area contributed by atoms with Gasteiger partial charge in [-0.05, 0) is 98.7 Å². The van der Waals surface area contributed by atoms with Crippen molar-refractivity contribution in [3.63, 3.8) is 0 Å². The quantitative estimate of drug-likeness (QED) is 0.0380. The highest BCUT2D eigenvalue weighted by atomic mass is 32.1. The molecule has 10 rings (SSSR count). The molecule has 0 spiro atoms. The molecule has 4 unspecified atom stereocenters. The van der Waals surface area contributed by atoms with E-state index in [9.17, 15) is 14.4 Å². The summed E-state index contributed by atoms with van der Waals surface area (Å²) in [4.78, 5) is 31.1. The number of carbonyl (C=O) groups is 3. The van der Waals surface area contributed by atoms with Gasteiger partial charge in [-0.25, -0.2) is 87.8 Å². The predicted octanol–water partition coefficient (Wildman–Crippen LogP) is 16.7. The molecule has 0 amide bonds. The summed E-state index contributed by atoms with van der Waals surface area (Å²) in [5.41, 5.74) is -25.4. The molecule has 448 valence electrons. The fourth-order valence-corrected chi connectivity index (χ4v) is 15.0. The van der Waals surface area contributed by atoms with Gasteiger partial charge >= 0.3 is 0 Å². The molecule has 9 aromatic rings. The minimum atomic E-state index is -7.96. The Labute approximate surface area is 488 Å². The standard InChI is InChI=1S/C60H28BF20O3S3/c1-22(82)25-4-10-28(11-5-25)31-16-34(85-19-31)58(61(37-40(62)46(68)52(74)47(69)41(37)63,38-42(64)48(70)53(75)49(71)43(38)65)39-44(66)50(72)54(76)51(73)45(39)67)56(78)55(77)57(79)59(80,35-17-32(20-86-35)29-12-6-26(7-13-29)23(2)83)60(58,81)36-18-33(21-87-36)30-14-8-27(9-15-30)24(3)84/h4-21,57H,1-3H3/q-1. The Balaban J connectivity index is 1.58. The third-order valence-electron chi connectivity index (χ3n) is 15.6. The van der Waals surface area contributed by atoms with Crippen LogP contribution in [0, 0.1) is 87.3 Å². The zero-order valence-corrected chi connectivity index (χ0v) is 46.0. The van der Waals surface area contributed by atoms with E-state index in [1.54, 1.807) is 0 Å². The lowest BCUT2D eigenvalue weighted by Crippen LogP contribution is -2.88. The number of rotatable bonds is 13. The molecule has 1 aliphatic rings. The highest BCUT2D eigenvalue weighted by Gasteiger charge is 2.81. The summed E-state index contributed by atoms with van der Waals surface area (Å²) in [7, 11) is 0. The summed E-state index contributed by atoms with van der Waals surface area (Å²) in [5.74, 6) is -64.2. The van der Waals surface area contributed by atoms with Crippen molar-refractivity contribution >= 4 is 73.9 Å². The number of alkyl halides is 3. The monoisotopic (exact) mass is 1280 g/mol. The molecule has 0 saturated heterocycles. The fraction of sp³-hybridized carbons (Fsp3) is 0.117. The van der Waals surface area contributed by atoms with Crippen molar-refractivity contribution in [2.45, 2.75) is 43.6 Å². The predicted molar refractivity (Wildman–Crippen MR) is 284 cm³/mol. The average molecular weight is 1280 g/mol. The maximum Gasteiger partial charge on any atom is 0.219 e. The lowest BCUT2D eigenvalue weighted by atomic mass is 9.03. The van der Waals surface area contributed by atoms with Gasteiger partial charge in [0.15, 0.2) is 87.4 Å². The Kier molecular flexibility index (Phi) is 15.6. The Morgan fingerprint density at radius 2 is 0.621 bits per heavy atom. The zero-order valence-electron chi connectivity index (χ0n) is 43.6. The lowest BCUT2D eigenvalue weighted by Gasteiger charge is -2.66. The molecule has 3 aromatic heterocycles. The van der Waals surface area contributed by atoms with Gasteiger partial charge < -0.3 is 0 Å². The first-order valence-electron chi connectivity index (χ1n) is 24.8. The Morgan fingerprint density at radius 1 is 0.368 bits per heavy atom. The number of carbonyl (C=O) groups excluding carboxylic acids is 3. The second-order valence-corrected chi connectivity index (χ2v) is 22.8. The SMILES string of the molecule is CC(=O)c1ccc(-c2csc(C3(F)C(F)C(F)=C(F)C(c4cc(-c5ccc(C(C)=O)cc5)cs4)([B-](c4c(F)c(F)c(F)c(F)c4F)(c4c(F)c(F)c(F)c(F)c4F)c4c(F)c(F)c(F)c(F)c4F)C3(F)c3cc(-c4ccc(C(C)=O)cc4)cs3)c2)cc1. The number of hydrogen-bond donors (Lipinski definition) is 0. The van der Waals surface area contributed by atoms with Gasteiger partial charge in [-0.1, -0.05) is 72.8 Å². The molecule has 1 aliphatic carbocycles. The van der Waals surface area contributed by atoms with E-state index in [1.807, 2.05) is 0 Å². The largest absolute Gasteiger partial charge is 0.295 e. The first-order chi connectivity index (χ1) is 40.9. The molecule has 3 nitrogen and oxygen atoms in total. The van der Waals surface area contributed by atoms with Crippen LogP contribution in [0.5, 0.6) is 0 Å². The van der Waals surface area contributed by atoms with Crippen molar-refractivity contribution < 1.29 is 102 Å². The molecular formula is C60H28BF20O3S3-. The van der Waals surface area contributed by atoms with Gasteiger partial charge in [-0.15, -0.1) is 39.1 Å². The molecule has 0 saturated carbocycles. The van der Waals surface area contributed by atoms with Crippen molar-refractivity contribution in [2.24, 2.45) is 0 Å². The number of ketones is 3. The van der Waals surface area contributed by atoms with Gasteiger partial charge in [0.05, 0.1) is 0 Å². The second kappa shape index (κ2) is 21.9. The van der Waals surface area contributed by atoms with Gasteiger partial charge in [0.1, 0.15) is 46.9 Å². The first-order valence-corrected chi connectivity index (χ1v) is 27.4. The Bertz CT molecular complexity index is 4170. The van der Waals surface area contributed by atoms with Gasteiger partial charge in [0, 0.05) is 26.4 Å². The number of halogens is 20. The third kappa shape index (κ3) is 8.62. The van der Waals surface area contributed by atoms with E-state index in [1.165, 1.54) is 0 Å². The van der Waals surface area contributed by atoms with E-state index in [-0.39, 0.29) is 62.1 Å². The maximum absolute atomic E-state index is 22.1. The van der Waals surface area contributed by atoms with E-state index in [4.69, 9.17) is 0 Å². The van der Waals surface area contributed by atoms with Crippen LogP contribution in [0.25, 0.3) is 33.4 Å². The summed E-state index contributed by atoms with van der Waals surface area (Å²) < 4.78 is 352. The van der Waals surface area contributed by atoms with E-state index < -0.39 is 204 Å². The van der Waals surface area contributed by atoms with Crippen molar-refractivity contribution in [1.82, 2.24) is 0 Å². The van der Waals surface area contributed by atoms with E-state index in [2.05, 4.69) is 0 Å². The summed E-state index contributed by atoms with van der Waals surface area (Å²) >= 11 is -1.12. The summed E-state index contributed by atoms with van der Waals surface area (Å²) in [6, 6.07) is 13.7. The Morgan fingerprint density at radius 3 is 0.920 bits per heavy atom. The molecule has 0 aliphatic heterocycles. The van der Waals surface area contributed by atoms with Crippen LogP contribution in [0.3, 0.4) is 0 Å². The van der Waals surface area contributed by atoms with Gasteiger partial charge in [-0.2, -0.15) is 11.3 Å². The molecule has 0 bridgehead atoms. The zero-order chi connectivity index (χ0) is 63.6. The molecule has 0 fully saturated rings. The summed E-state index contributed by atoms with van der Waals surface area (Å²) in [6.07, 6.45) is -12.7. The van der Waals surface area contributed by atoms with E-state index in [0.717, 1.165) is 98.9 Å². The summed E-state index contributed by atoms with van der Waals surface area (Å²) in [5, 5.41) is -4.00. The smallest absolute Gasteiger partial charge is 0.219 e. The van der Waals surface area contributed by atoms with E-state index in [0.29, 0.717) is 22.9 Å². The minimum Gasteiger partial charge on any atom is -0.295 e. The topological polar surface area (TPSA) is 51.2 Å². The van der Waals surface area contributed by atoms with E-state index >= 15 is 87.8 Å². The normalized spacial score (nSPS) is 18.9. The van der Waals surface area contributed by atoms with Crippen LogP contribution in [-0.4, -0.2) is 29.7 Å². The molecule has 4 atom stereocenters. The van der Waals surface area contributed by atoms with Crippen LogP contribution in [0.15, 0.2) is 119 Å². The minimum absolute atomic E-state index is 0.00465. The molecule has 6 aromatic carbocycles. The summed E-state index contributed by atoms with van der Waals surface area (Å²) in [6.45, 7) is 3.26. The molecule has 87 heavy (non-hydrogen) atoms. The Hall–Kier alpha value is -8.17. The second-order valence-electron chi connectivity index (χ2n) is 20.0. The first kappa shape index (κ1) is 61.9. The van der Waals surface area contributed by atoms with Crippen molar-refractivity contribution in [3.05, 3.63) is 237 Å². The number of allylic oxidation sites excluding steroid dienone is 2. The van der Waals surface area contributed by atoms with Crippen LogP contribution < -0.4 is 16.4 Å². The molecule has 0 N–H and O–H groups in total. The fourth-order valence-electron chi connectivity index (χ4n) is 11.6. The third-order valence-corrected chi connectivity index (χ3v) is 18.7.